The summed E-state index contributed by atoms with van der Waals surface area (Å²) in [7, 11) is 0. The van der Waals surface area contributed by atoms with Crippen molar-refractivity contribution in [2.45, 2.75) is 25.7 Å². The monoisotopic (exact) mass is 300 g/mol. The molecule has 6 heteroatoms. The second kappa shape index (κ2) is 4.39. The summed E-state index contributed by atoms with van der Waals surface area (Å²) in [6, 6.07) is 3.93. The quantitative estimate of drug-likeness (QED) is 0.701. The first kappa shape index (κ1) is 12.5. The van der Waals surface area contributed by atoms with Crippen LogP contribution in [0.2, 0.25) is 0 Å². The zero-order valence-corrected chi connectivity index (χ0v) is 12.1. The molecule has 1 unspecified atom stereocenters. The van der Waals surface area contributed by atoms with Gasteiger partial charge in [0.15, 0.2) is 0 Å². The summed E-state index contributed by atoms with van der Waals surface area (Å²) in [5, 5.41) is 4.33. The molecule has 1 aromatic carbocycles. The van der Waals surface area contributed by atoms with E-state index in [0.29, 0.717) is 12.8 Å². The summed E-state index contributed by atoms with van der Waals surface area (Å²) in [6.45, 7) is 1.97. The van der Waals surface area contributed by atoms with Crippen molar-refractivity contribution in [2.24, 2.45) is 0 Å². The molecule has 1 fully saturated rings. The number of amides is 2. The van der Waals surface area contributed by atoms with Crippen molar-refractivity contribution in [1.29, 1.82) is 0 Å². The number of carbonyl (C=O) groups is 2. The van der Waals surface area contributed by atoms with E-state index in [1.54, 1.807) is 17.6 Å². The third-order valence-electron chi connectivity index (χ3n) is 3.84. The van der Waals surface area contributed by atoms with Crippen LogP contribution in [0.4, 0.5) is 0 Å². The third-order valence-corrected chi connectivity index (χ3v) is 4.77. The Morgan fingerprint density at radius 3 is 3.05 bits per heavy atom. The maximum Gasteiger partial charge on any atom is 0.234 e. The van der Waals surface area contributed by atoms with Gasteiger partial charge in [0.05, 0.1) is 27.4 Å². The summed E-state index contributed by atoms with van der Waals surface area (Å²) in [6.07, 6.45) is 2.52. The van der Waals surface area contributed by atoms with E-state index < -0.39 is 0 Å². The van der Waals surface area contributed by atoms with Gasteiger partial charge < -0.3 is 4.42 Å². The van der Waals surface area contributed by atoms with Crippen molar-refractivity contribution in [3.05, 3.63) is 29.0 Å². The standard InChI is InChI=1S/C15H12N2O3S/c1-7-16-11-5-12-9(4-13(11)21-7)10(6-20-12)8-2-3-14(18)17-15(8)19/h4-6,8H,2-3H2,1H3,(H,17,18,19). The fraction of sp³-hybridized carbons (Fsp3) is 0.267. The van der Waals surface area contributed by atoms with Crippen molar-refractivity contribution >= 4 is 44.3 Å². The lowest BCUT2D eigenvalue weighted by molar-refractivity contribution is -0.134. The Balaban J connectivity index is 1.87. The van der Waals surface area contributed by atoms with Crippen LogP contribution in [0.5, 0.6) is 0 Å². The van der Waals surface area contributed by atoms with Crippen LogP contribution in [0.3, 0.4) is 0 Å². The minimum atomic E-state index is -0.324. The number of thiazole rings is 1. The normalized spacial score (nSPS) is 19.4. The van der Waals surface area contributed by atoms with Gasteiger partial charge in [0.2, 0.25) is 11.8 Å². The lowest BCUT2D eigenvalue weighted by atomic mass is 9.90. The molecule has 0 radical (unpaired) electrons. The molecule has 0 aliphatic carbocycles. The molecule has 4 rings (SSSR count). The lowest BCUT2D eigenvalue weighted by Gasteiger charge is -2.19. The molecule has 1 aliphatic rings. The third kappa shape index (κ3) is 1.94. The number of rotatable bonds is 1. The van der Waals surface area contributed by atoms with Crippen LogP contribution in [-0.4, -0.2) is 16.8 Å². The number of nitrogens with one attached hydrogen (secondary N) is 1. The number of imide groups is 1. The zero-order chi connectivity index (χ0) is 14.6. The Hall–Kier alpha value is -2.21. The van der Waals surface area contributed by atoms with Crippen LogP contribution in [0.25, 0.3) is 21.2 Å². The van der Waals surface area contributed by atoms with Gasteiger partial charge in [-0.25, -0.2) is 4.98 Å². The van der Waals surface area contributed by atoms with E-state index in [1.807, 2.05) is 19.1 Å². The van der Waals surface area contributed by atoms with E-state index >= 15 is 0 Å². The number of aromatic nitrogens is 1. The molecule has 0 saturated carbocycles. The summed E-state index contributed by atoms with van der Waals surface area (Å²) in [4.78, 5) is 27.7. The maximum absolute atomic E-state index is 12.0. The summed E-state index contributed by atoms with van der Waals surface area (Å²) in [5.41, 5.74) is 2.49. The Bertz CT molecular complexity index is 893. The number of piperidine rings is 1. The molecule has 0 bridgehead atoms. The van der Waals surface area contributed by atoms with Crippen molar-refractivity contribution in [1.82, 2.24) is 10.3 Å². The first-order valence-corrected chi connectivity index (χ1v) is 7.55. The van der Waals surface area contributed by atoms with Gasteiger partial charge in [-0.3, -0.25) is 14.9 Å². The first-order valence-electron chi connectivity index (χ1n) is 6.74. The van der Waals surface area contributed by atoms with Gasteiger partial charge in [-0.15, -0.1) is 11.3 Å². The van der Waals surface area contributed by atoms with Crippen LogP contribution < -0.4 is 5.32 Å². The number of hydrogen-bond donors (Lipinski definition) is 1. The molecule has 5 nitrogen and oxygen atoms in total. The minimum Gasteiger partial charge on any atom is -0.464 e. The molecule has 21 heavy (non-hydrogen) atoms. The molecule has 1 atom stereocenters. The van der Waals surface area contributed by atoms with Gasteiger partial charge >= 0.3 is 0 Å². The van der Waals surface area contributed by atoms with Gasteiger partial charge in [-0.1, -0.05) is 0 Å². The highest BCUT2D eigenvalue weighted by atomic mass is 32.1. The molecule has 1 aliphatic heterocycles. The molecule has 1 N–H and O–H groups in total. The molecule has 2 amide bonds. The highest BCUT2D eigenvalue weighted by Crippen LogP contribution is 2.35. The van der Waals surface area contributed by atoms with Crippen LogP contribution in [0.1, 0.15) is 29.3 Å². The molecule has 3 heterocycles. The maximum atomic E-state index is 12.0. The SMILES string of the molecule is Cc1nc2cc3occ(C4CCC(=O)NC4=O)c3cc2s1. The number of fused-ring (bicyclic) bond motifs is 2. The molecule has 2 aromatic heterocycles. The highest BCUT2D eigenvalue weighted by Gasteiger charge is 2.30. The fourth-order valence-corrected chi connectivity index (χ4v) is 3.69. The van der Waals surface area contributed by atoms with Gasteiger partial charge in [0, 0.05) is 23.4 Å². The Kier molecular flexibility index (Phi) is 2.62. The number of furan rings is 1. The highest BCUT2D eigenvalue weighted by molar-refractivity contribution is 7.18. The van der Waals surface area contributed by atoms with E-state index in [-0.39, 0.29) is 17.7 Å². The lowest BCUT2D eigenvalue weighted by Crippen LogP contribution is -2.39. The molecule has 1 saturated heterocycles. The van der Waals surface area contributed by atoms with E-state index in [1.165, 1.54) is 0 Å². The van der Waals surface area contributed by atoms with Gasteiger partial charge in [0.25, 0.3) is 0 Å². The topological polar surface area (TPSA) is 72.2 Å². The Morgan fingerprint density at radius 1 is 1.38 bits per heavy atom. The predicted octanol–water partition coefficient (Wildman–Crippen LogP) is 2.87. The largest absolute Gasteiger partial charge is 0.464 e. The van der Waals surface area contributed by atoms with Crippen LogP contribution >= 0.6 is 11.3 Å². The van der Waals surface area contributed by atoms with Crippen LogP contribution in [-0.2, 0) is 9.59 Å². The second-order valence-corrected chi connectivity index (χ2v) is 6.48. The Morgan fingerprint density at radius 2 is 2.24 bits per heavy atom. The van der Waals surface area contributed by atoms with E-state index in [0.717, 1.165) is 31.8 Å². The summed E-state index contributed by atoms with van der Waals surface area (Å²) < 4.78 is 6.67. The second-order valence-electron chi connectivity index (χ2n) is 5.24. The summed E-state index contributed by atoms with van der Waals surface area (Å²) >= 11 is 1.62. The molecular formula is C15H12N2O3S. The molecule has 3 aromatic rings. The van der Waals surface area contributed by atoms with Gasteiger partial charge in [-0.05, 0) is 19.4 Å². The molecule has 106 valence electrons. The number of aryl methyl sites for hydroxylation is 1. The van der Waals surface area contributed by atoms with Crippen LogP contribution in [0, 0.1) is 6.92 Å². The minimum absolute atomic E-state index is 0.204. The molecular weight excluding hydrogens is 288 g/mol. The fourth-order valence-electron chi connectivity index (χ4n) is 2.84. The van der Waals surface area contributed by atoms with E-state index in [2.05, 4.69) is 10.3 Å². The van der Waals surface area contributed by atoms with E-state index in [9.17, 15) is 9.59 Å². The van der Waals surface area contributed by atoms with Crippen molar-refractivity contribution < 1.29 is 14.0 Å². The predicted molar refractivity (Wildman–Crippen MR) is 79.3 cm³/mol. The molecule has 0 spiro atoms. The number of carbonyl (C=O) groups excluding carboxylic acids is 2. The average Bonchev–Trinajstić information content (AvgIpc) is 2.98. The number of nitrogens with zero attached hydrogens (tertiary/aromatic N) is 1. The Labute approximate surface area is 124 Å². The number of benzene rings is 1. The van der Waals surface area contributed by atoms with Crippen molar-refractivity contribution in [3.63, 3.8) is 0 Å². The van der Waals surface area contributed by atoms with Gasteiger partial charge in [-0.2, -0.15) is 0 Å². The van der Waals surface area contributed by atoms with Crippen molar-refractivity contribution in [2.75, 3.05) is 0 Å². The smallest absolute Gasteiger partial charge is 0.234 e. The first-order chi connectivity index (χ1) is 10.1. The average molecular weight is 300 g/mol. The van der Waals surface area contributed by atoms with Crippen molar-refractivity contribution in [3.8, 4) is 0 Å². The van der Waals surface area contributed by atoms with E-state index in [4.69, 9.17) is 4.42 Å². The van der Waals surface area contributed by atoms with Crippen LogP contribution in [0.15, 0.2) is 22.8 Å². The summed E-state index contributed by atoms with van der Waals surface area (Å²) in [5.74, 6) is -0.769. The number of hydrogen-bond acceptors (Lipinski definition) is 5. The zero-order valence-electron chi connectivity index (χ0n) is 11.3. The van der Waals surface area contributed by atoms with Gasteiger partial charge in [0.1, 0.15) is 5.58 Å².